The van der Waals surface area contributed by atoms with Crippen molar-refractivity contribution >= 4 is 45.3 Å². The number of benzene rings is 3. The van der Waals surface area contributed by atoms with E-state index in [4.69, 9.17) is 4.74 Å². The molecule has 2 heterocycles. The average molecular weight is 482 g/mol. The molecule has 0 atom stereocenters. The smallest absolute Gasteiger partial charge is 0.337 e. The molecule has 0 unspecified atom stereocenters. The number of fused-ring (bicyclic) bond motifs is 2. The molecule has 0 aliphatic carbocycles. The quantitative estimate of drug-likeness (QED) is 0.371. The molecule has 36 heavy (non-hydrogen) atoms. The molecular weight excluding hydrogens is 460 g/mol. The number of anilines is 1. The highest BCUT2D eigenvalue weighted by Gasteiger charge is 2.20. The Balaban J connectivity index is 1.53. The van der Waals surface area contributed by atoms with Crippen molar-refractivity contribution in [2.75, 3.05) is 12.4 Å². The van der Waals surface area contributed by atoms with Crippen LogP contribution >= 0.6 is 0 Å². The Morgan fingerprint density at radius 1 is 0.944 bits per heavy atom. The molecule has 0 saturated heterocycles. The highest BCUT2D eigenvalue weighted by Crippen LogP contribution is 2.30. The number of aromatic nitrogens is 3. The van der Waals surface area contributed by atoms with Crippen LogP contribution in [0.4, 0.5) is 5.69 Å². The summed E-state index contributed by atoms with van der Waals surface area (Å²) < 4.78 is 8.41. The summed E-state index contributed by atoms with van der Waals surface area (Å²) in [5, 5.41) is 18.3. The van der Waals surface area contributed by atoms with Crippen LogP contribution in [0.25, 0.3) is 32.9 Å². The SMILES string of the molecule is COc1ccc2c(c1)c(C(=O)Nc1ccc(-c3ccc4c(cnn4C)c3)cc1C(=O)O)cn2C(C)=O. The number of rotatable bonds is 5. The van der Waals surface area contributed by atoms with Crippen LogP contribution in [-0.4, -0.2) is 44.3 Å². The second-order valence-corrected chi connectivity index (χ2v) is 8.38. The molecule has 2 N–H and O–H groups in total. The summed E-state index contributed by atoms with van der Waals surface area (Å²) >= 11 is 0. The third-order valence-corrected chi connectivity index (χ3v) is 6.17. The number of ether oxygens (including phenoxy) is 1. The van der Waals surface area contributed by atoms with Crippen molar-refractivity contribution in [3.05, 3.63) is 78.1 Å². The third kappa shape index (κ3) is 3.86. The maximum Gasteiger partial charge on any atom is 0.337 e. The van der Waals surface area contributed by atoms with Crippen LogP contribution in [0.2, 0.25) is 0 Å². The van der Waals surface area contributed by atoms with Crippen molar-refractivity contribution in [1.82, 2.24) is 14.3 Å². The molecule has 3 aromatic carbocycles. The Morgan fingerprint density at radius 3 is 2.39 bits per heavy atom. The zero-order chi connectivity index (χ0) is 25.6. The second kappa shape index (κ2) is 8.70. The van der Waals surface area contributed by atoms with Crippen molar-refractivity contribution < 1.29 is 24.2 Å². The minimum absolute atomic E-state index is 0.0555. The number of nitrogens with one attached hydrogen (secondary N) is 1. The van der Waals surface area contributed by atoms with E-state index in [1.807, 2.05) is 25.2 Å². The lowest BCUT2D eigenvalue weighted by Crippen LogP contribution is -2.15. The molecule has 5 rings (SSSR count). The van der Waals surface area contributed by atoms with Gasteiger partial charge in [-0.25, -0.2) is 4.79 Å². The van der Waals surface area contributed by atoms with E-state index in [1.54, 1.807) is 41.2 Å². The van der Waals surface area contributed by atoms with E-state index in [0.717, 1.165) is 16.5 Å². The van der Waals surface area contributed by atoms with E-state index < -0.39 is 11.9 Å². The predicted octanol–water partition coefficient (Wildman–Crippen LogP) is 4.81. The first-order valence-electron chi connectivity index (χ1n) is 11.1. The first-order valence-corrected chi connectivity index (χ1v) is 11.1. The van der Waals surface area contributed by atoms with Gasteiger partial charge >= 0.3 is 5.97 Å². The summed E-state index contributed by atoms with van der Waals surface area (Å²) in [5.41, 5.74) is 3.34. The number of carboxylic acid groups (broad SMARTS) is 1. The molecule has 0 aliphatic rings. The normalized spacial score (nSPS) is 11.1. The van der Waals surface area contributed by atoms with Gasteiger partial charge in [0.25, 0.3) is 5.91 Å². The van der Waals surface area contributed by atoms with Crippen LogP contribution in [-0.2, 0) is 7.05 Å². The van der Waals surface area contributed by atoms with E-state index in [1.165, 1.54) is 30.9 Å². The molecule has 0 radical (unpaired) electrons. The van der Waals surface area contributed by atoms with Crippen molar-refractivity contribution in [3.8, 4) is 16.9 Å². The van der Waals surface area contributed by atoms with Crippen LogP contribution in [0, 0.1) is 0 Å². The van der Waals surface area contributed by atoms with Crippen LogP contribution in [0.15, 0.2) is 67.0 Å². The highest BCUT2D eigenvalue weighted by atomic mass is 16.5. The molecule has 180 valence electrons. The van der Waals surface area contributed by atoms with Gasteiger partial charge in [0.15, 0.2) is 0 Å². The summed E-state index contributed by atoms with van der Waals surface area (Å²) in [6.07, 6.45) is 3.19. The number of carboxylic acids is 1. The molecule has 1 amide bonds. The number of aryl methyl sites for hydroxylation is 1. The first kappa shape index (κ1) is 22.9. The summed E-state index contributed by atoms with van der Waals surface area (Å²) in [6.45, 7) is 1.40. The Labute approximate surface area is 205 Å². The fraction of sp³-hybridized carbons (Fsp3) is 0.111. The number of carbonyl (C=O) groups excluding carboxylic acids is 2. The van der Waals surface area contributed by atoms with Gasteiger partial charge in [0.2, 0.25) is 5.91 Å². The van der Waals surface area contributed by atoms with Crippen LogP contribution in [0.1, 0.15) is 32.4 Å². The number of amides is 1. The zero-order valence-electron chi connectivity index (χ0n) is 19.8. The predicted molar refractivity (Wildman–Crippen MR) is 136 cm³/mol. The van der Waals surface area contributed by atoms with E-state index in [2.05, 4.69) is 10.4 Å². The minimum Gasteiger partial charge on any atom is -0.497 e. The number of hydrogen-bond acceptors (Lipinski definition) is 5. The largest absolute Gasteiger partial charge is 0.497 e. The highest BCUT2D eigenvalue weighted by molar-refractivity contribution is 6.16. The number of aromatic carboxylic acids is 1. The monoisotopic (exact) mass is 482 g/mol. The van der Waals surface area contributed by atoms with Gasteiger partial charge in [0.1, 0.15) is 5.75 Å². The van der Waals surface area contributed by atoms with Gasteiger partial charge in [0.05, 0.1) is 41.2 Å². The molecule has 5 aromatic rings. The van der Waals surface area contributed by atoms with Crippen molar-refractivity contribution in [3.63, 3.8) is 0 Å². The maximum atomic E-state index is 13.3. The van der Waals surface area contributed by atoms with Gasteiger partial charge in [-0.3, -0.25) is 18.8 Å². The van der Waals surface area contributed by atoms with E-state index in [0.29, 0.717) is 22.2 Å². The van der Waals surface area contributed by atoms with Crippen LogP contribution in [0.5, 0.6) is 5.75 Å². The topological polar surface area (TPSA) is 115 Å². The molecule has 0 spiro atoms. The Morgan fingerprint density at radius 2 is 1.67 bits per heavy atom. The molecule has 0 fully saturated rings. The van der Waals surface area contributed by atoms with E-state index >= 15 is 0 Å². The van der Waals surface area contributed by atoms with E-state index in [9.17, 15) is 19.5 Å². The maximum absolute atomic E-state index is 13.3. The Kier molecular flexibility index (Phi) is 5.52. The lowest BCUT2D eigenvalue weighted by molar-refractivity contribution is 0.0697. The fourth-order valence-electron chi connectivity index (χ4n) is 4.32. The van der Waals surface area contributed by atoms with Crippen LogP contribution in [0.3, 0.4) is 0 Å². The van der Waals surface area contributed by atoms with Crippen molar-refractivity contribution in [2.24, 2.45) is 7.05 Å². The van der Waals surface area contributed by atoms with Gasteiger partial charge in [0, 0.05) is 30.9 Å². The second-order valence-electron chi connectivity index (χ2n) is 8.38. The number of carbonyl (C=O) groups is 3. The molecule has 0 aliphatic heterocycles. The van der Waals surface area contributed by atoms with Crippen molar-refractivity contribution in [2.45, 2.75) is 6.92 Å². The number of nitrogens with zero attached hydrogens (tertiary/aromatic N) is 3. The number of methoxy groups -OCH3 is 1. The number of hydrogen-bond donors (Lipinski definition) is 2. The van der Waals surface area contributed by atoms with Crippen molar-refractivity contribution in [1.29, 1.82) is 0 Å². The lowest BCUT2D eigenvalue weighted by Gasteiger charge is -2.11. The van der Waals surface area contributed by atoms with Gasteiger partial charge in [-0.05, 0) is 53.6 Å². The molecule has 2 aromatic heterocycles. The first-order chi connectivity index (χ1) is 17.3. The molecular formula is C27H22N4O5. The Bertz CT molecular complexity index is 1700. The molecule has 9 nitrogen and oxygen atoms in total. The standard InChI is InChI=1S/C27H22N4O5/c1-15(32)31-14-22(20-12-19(36-3)6-9-25(20)31)26(33)29-23-7-4-17(11-21(23)27(34)35)16-5-8-24-18(10-16)13-28-30(24)2/h4-14H,1-3H3,(H,29,33)(H,34,35). The van der Waals surface area contributed by atoms with Gasteiger partial charge in [-0.15, -0.1) is 0 Å². The van der Waals surface area contributed by atoms with E-state index in [-0.39, 0.29) is 22.7 Å². The lowest BCUT2D eigenvalue weighted by atomic mass is 10.0. The molecule has 0 bridgehead atoms. The van der Waals surface area contributed by atoms with Gasteiger partial charge in [-0.1, -0.05) is 12.1 Å². The summed E-state index contributed by atoms with van der Waals surface area (Å²) in [6, 6.07) is 15.7. The summed E-state index contributed by atoms with van der Waals surface area (Å²) in [7, 11) is 3.36. The summed E-state index contributed by atoms with van der Waals surface area (Å²) in [4.78, 5) is 37.5. The minimum atomic E-state index is -1.18. The molecule has 9 heteroatoms. The third-order valence-electron chi connectivity index (χ3n) is 6.17. The van der Waals surface area contributed by atoms with Gasteiger partial charge < -0.3 is 15.2 Å². The molecule has 0 saturated carbocycles. The fourth-order valence-corrected chi connectivity index (χ4v) is 4.32. The summed E-state index contributed by atoms with van der Waals surface area (Å²) in [5.74, 6) is -1.45. The zero-order valence-corrected chi connectivity index (χ0v) is 19.8. The Hall–Kier alpha value is -4.92. The van der Waals surface area contributed by atoms with Crippen LogP contribution < -0.4 is 10.1 Å². The van der Waals surface area contributed by atoms with Gasteiger partial charge in [-0.2, -0.15) is 5.10 Å². The average Bonchev–Trinajstić information content (AvgIpc) is 3.44.